The number of likely N-dealkylation sites (N-methyl/N-ethyl adjacent to an activating group) is 1. The topological polar surface area (TPSA) is 83.9 Å². The average molecular weight is 253 g/mol. The molecule has 0 bridgehead atoms. The van der Waals surface area contributed by atoms with Crippen LogP contribution in [-0.2, 0) is 19.6 Å². The predicted octanol–water partition coefficient (Wildman–Crippen LogP) is -0.416. The number of carbonyl (C=O) groups is 1. The zero-order valence-electron chi connectivity index (χ0n) is 9.68. The second-order valence-corrected chi connectivity index (χ2v) is 5.17. The van der Waals surface area contributed by atoms with Crippen LogP contribution in [0.5, 0.6) is 0 Å². The standard InChI is InChI=1S/C9H19NO5S/c1-3-10(6-7-11)16(13,14)8-5-9(12)15-4-2/h11H,3-8H2,1-2H3. The van der Waals surface area contributed by atoms with Crippen molar-refractivity contribution in [2.45, 2.75) is 20.3 Å². The highest BCUT2D eigenvalue weighted by Gasteiger charge is 2.21. The molecule has 0 unspecified atom stereocenters. The molecule has 7 heteroatoms. The lowest BCUT2D eigenvalue weighted by Gasteiger charge is -2.18. The number of sulfonamides is 1. The van der Waals surface area contributed by atoms with Gasteiger partial charge in [0.05, 0.1) is 25.4 Å². The molecule has 0 radical (unpaired) electrons. The molecule has 0 spiro atoms. The number of carbonyl (C=O) groups excluding carboxylic acids is 1. The minimum atomic E-state index is -3.48. The SMILES string of the molecule is CCOC(=O)CCS(=O)(=O)N(CC)CCO. The fourth-order valence-electron chi connectivity index (χ4n) is 1.18. The van der Waals surface area contributed by atoms with Gasteiger partial charge < -0.3 is 9.84 Å². The second kappa shape index (κ2) is 7.59. The molecule has 16 heavy (non-hydrogen) atoms. The summed E-state index contributed by atoms with van der Waals surface area (Å²) in [5.41, 5.74) is 0. The summed E-state index contributed by atoms with van der Waals surface area (Å²) in [5, 5.41) is 8.70. The van der Waals surface area contributed by atoms with Gasteiger partial charge in [-0.15, -0.1) is 0 Å². The minimum Gasteiger partial charge on any atom is -0.466 e. The highest BCUT2D eigenvalue weighted by atomic mass is 32.2. The Kier molecular flexibility index (Phi) is 7.27. The lowest BCUT2D eigenvalue weighted by Crippen LogP contribution is -2.35. The number of hydrogen-bond acceptors (Lipinski definition) is 5. The molecule has 0 rings (SSSR count). The summed E-state index contributed by atoms with van der Waals surface area (Å²) in [5.74, 6) is -0.800. The van der Waals surface area contributed by atoms with E-state index in [1.807, 2.05) is 0 Å². The van der Waals surface area contributed by atoms with Crippen LogP contribution in [0, 0.1) is 0 Å². The number of hydrogen-bond donors (Lipinski definition) is 1. The van der Waals surface area contributed by atoms with Crippen molar-refractivity contribution >= 4 is 16.0 Å². The quantitative estimate of drug-likeness (QED) is 0.594. The molecule has 0 aromatic carbocycles. The molecule has 0 aliphatic heterocycles. The number of ether oxygens (including phenoxy) is 1. The Morgan fingerprint density at radius 3 is 2.44 bits per heavy atom. The van der Waals surface area contributed by atoms with E-state index in [1.165, 1.54) is 0 Å². The van der Waals surface area contributed by atoms with Gasteiger partial charge in [0.15, 0.2) is 0 Å². The summed E-state index contributed by atoms with van der Waals surface area (Å²) < 4.78 is 29.1. The van der Waals surface area contributed by atoms with E-state index < -0.39 is 16.0 Å². The molecule has 0 aliphatic carbocycles. The van der Waals surface area contributed by atoms with Crippen LogP contribution < -0.4 is 0 Å². The molecule has 0 saturated heterocycles. The third-order valence-electron chi connectivity index (χ3n) is 1.96. The van der Waals surface area contributed by atoms with Gasteiger partial charge in [-0.25, -0.2) is 8.42 Å². The number of aliphatic hydroxyl groups excluding tert-OH is 1. The molecule has 1 N–H and O–H groups in total. The van der Waals surface area contributed by atoms with Crippen LogP contribution in [0.3, 0.4) is 0 Å². The normalized spacial score (nSPS) is 11.8. The van der Waals surface area contributed by atoms with Gasteiger partial charge in [0.25, 0.3) is 0 Å². The number of rotatable bonds is 8. The summed E-state index contributed by atoms with van der Waals surface area (Å²) >= 11 is 0. The Labute approximate surface area is 96.2 Å². The van der Waals surface area contributed by atoms with Crippen molar-refractivity contribution in [1.82, 2.24) is 4.31 Å². The van der Waals surface area contributed by atoms with Crippen molar-refractivity contribution in [2.75, 3.05) is 32.1 Å². The molecular weight excluding hydrogens is 234 g/mol. The van der Waals surface area contributed by atoms with Gasteiger partial charge in [-0.1, -0.05) is 6.92 Å². The first-order valence-electron chi connectivity index (χ1n) is 5.22. The third kappa shape index (κ3) is 5.43. The molecule has 0 heterocycles. The fraction of sp³-hybridized carbons (Fsp3) is 0.889. The lowest BCUT2D eigenvalue weighted by molar-refractivity contribution is -0.142. The van der Waals surface area contributed by atoms with Crippen molar-refractivity contribution in [3.05, 3.63) is 0 Å². The van der Waals surface area contributed by atoms with Crippen LogP contribution in [-0.4, -0.2) is 55.9 Å². The van der Waals surface area contributed by atoms with E-state index in [0.29, 0.717) is 0 Å². The molecule has 0 aromatic rings. The van der Waals surface area contributed by atoms with Gasteiger partial charge in [-0.2, -0.15) is 4.31 Å². The van der Waals surface area contributed by atoms with Gasteiger partial charge in [-0.05, 0) is 6.92 Å². The Balaban J connectivity index is 4.27. The van der Waals surface area contributed by atoms with Crippen molar-refractivity contribution in [3.63, 3.8) is 0 Å². The van der Waals surface area contributed by atoms with E-state index >= 15 is 0 Å². The lowest BCUT2D eigenvalue weighted by atomic mass is 10.5. The Morgan fingerprint density at radius 2 is 2.00 bits per heavy atom. The molecular formula is C9H19NO5S. The maximum absolute atomic E-state index is 11.7. The largest absolute Gasteiger partial charge is 0.466 e. The van der Waals surface area contributed by atoms with Crippen LogP contribution in [0.4, 0.5) is 0 Å². The Bertz CT molecular complexity index is 301. The van der Waals surface area contributed by atoms with Crippen LogP contribution in [0.2, 0.25) is 0 Å². The molecule has 0 saturated carbocycles. The van der Waals surface area contributed by atoms with Crippen molar-refractivity contribution in [3.8, 4) is 0 Å². The van der Waals surface area contributed by atoms with E-state index in [9.17, 15) is 13.2 Å². The van der Waals surface area contributed by atoms with Crippen LogP contribution in [0.25, 0.3) is 0 Å². The van der Waals surface area contributed by atoms with Crippen molar-refractivity contribution < 1.29 is 23.1 Å². The predicted molar refractivity (Wildman–Crippen MR) is 59.4 cm³/mol. The van der Waals surface area contributed by atoms with E-state index in [4.69, 9.17) is 5.11 Å². The summed E-state index contributed by atoms with van der Waals surface area (Å²) in [4.78, 5) is 11.0. The van der Waals surface area contributed by atoms with Gasteiger partial charge in [0, 0.05) is 13.1 Å². The van der Waals surface area contributed by atoms with Crippen LogP contribution in [0.1, 0.15) is 20.3 Å². The smallest absolute Gasteiger partial charge is 0.306 e. The fourth-order valence-corrected chi connectivity index (χ4v) is 2.62. The maximum Gasteiger partial charge on any atom is 0.306 e. The van der Waals surface area contributed by atoms with Crippen LogP contribution in [0.15, 0.2) is 0 Å². The van der Waals surface area contributed by atoms with Crippen LogP contribution >= 0.6 is 0 Å². The van der Waals surface area contributed by atoms with E-state index in [0.717, 1.165) is 4.31 Å². The van der Waals surface area contributed by atoms with E-state index in [-0.39, 0.29) is 38.5 Å². The second-order valence-electron chi connectivity index (χ2n) is 3.09. The molecule has 0 fully saturated rings. The molecule has 6 nitrogen and oxygen atoms in total. The summed E-state index contributed by atoms with van der Waals surface area (Å²) in [6.45, 7) is 3.70. The third-order valence-corrected chi connectivity index (χ3v) is 3.91. The summed E-state index contributed by atoms with van der Waals surface area (Å²) in [6.07, 6.45) is -0.155. The van der Waals surface area contributed by atoms with Gasteiger partial charge in [0.1, 0.15) is 0 Å². The Hall–Kier alpha value is -0.660. The van der Waals surface area contributed by atoms with Crippen molar-refractivity contribution in [1.29, 1.82) is 0 Å². The highest BCUT2D eigenvalue weighted by Crippen LogP contribution is 2.03. The summed E-state index contributed by atoms with van der Waals surface area (Å²) in [7, 11) is -3.48. The van der Waals surface area contributed by atoms with Crippen molar-refractivity contribution in [2.24, 2.45) is 0 Å². The number of nitrogens with zero attached hydrogens (tertiary/aromatic N) is 1. The first-order chi connectivity index (χ1) is 7.47. The average Bonchev–Trinajstić information content (AvgIpc) is 2.23. The maximum atomic E-state index is 11.7. The monoisotopic (exact) mass is 253 g/mol. The molecule has 0 atom stereocenters. The Morgan fingerprint density at radius 1 is 1.38 bits per heavy atom. The first kappa shape index (κ1) is 15.3. The number of aliphatic hydroxyl groups is 1. The molecule has 96 valence electrons. The first-order valence-corrected chi connectivity index (χ1v) is 6.83. The molecule has 0 aliphatic rings. The van der Waals surface area contributed by atoms with Gasteiger partial charge in [0.2, 0.25) is 10.0 Å². The molecule has 0 amide bonds. The highest BCUT2D eigenvalue weighted by molar-refractivity contribution is 7.89. The number of esters is 1. The minimum absolute atomic E-state index is 0.0572. The zero-order valence-corrected chi connectivity index (χ0v) is 10.5. The van der Waals surface area contributed by atoms with Gasteiger partial charge >= 0.3 is 5.97 Å². The van der Waals surface area contributed by atoms with Gasteiger partial charge in [-0.3, -0.25) is 4.79 Å². The molecule has 0 aromatic heterocycles. The zero-order chi connectivity index (χ0) is 12.6. The van der Waals surface area contributed by atoms with E-state index in [1.54, 1.807) is 13.8 Å². The van der Waals surface area contributed by atoms with E-state index in [2.05, 4.69) is 4.74 Å². The summed E-state index contributed by atoms with van der Waals surface area (Å²) in [6, 6.07) is 0.